The lowest BCUT2D eigenvalue weighted by Crippen LogP contribution is -2.24. The van der Waals surface area contributed by atoms with E-state index in [-0.39, 0.29) is 17.5 Å². The molecule has 0 saturated heterocycles. The number of aromatic nitrogens is 3. The van der Waals surface area contributed by atoms with Crippen molar-refractivity contribution >= 4 is 21.9 Å². The minimum absolute atomic E-state index is 0.135. The molecule has 1 aromatic carbocycles. The molecule has 0 atom stereocenters. The predicted molar refractivity (Wildman–Crippen MR) is 135 cm³/mol. The van der Waals surface area contributed by atoms with Gasteiger partial charge < -0.3 is 9.64 Å². The molecule has 4 rings (SSSR count). The normalized spacial score (nSPS) is 13.6. The van der Waals surface area contributed by atoms with Crippen LogP contribution in [0.15, 0.2) is 53.7 Å². The molecular formula is C26H32N4O5S. The second kappa shape index (κ2) is 10.4. The Bertz CT molecular complexity index is 1290. The van der Waals surface area contributed by atoms with E-state index >= 15 is 0 Å². The molecule has 3 heterocycles. The maximum Gasteiger partial charge on any atom is 0.340 e. The summed E-state index contributed by atoms with van der Waals surface area (Å²) in [4.78, 5) is 18.9. The summed E-state index contributed by atoms with van der Waals surface area (Å²) in [7, 11) is -3.73. The number of carbonyl (C=O) groups excluding carboxylic acids is 1. The zero-order valence-electron chi connectivity index (χ0n) is 21.1. The lowest BCUT2D eigenvalue weighted by Gasteiger charge is -2.20. The monoisotopic (exact) mass is 512 g/mol. The fraction of sp³-hybridized carbons (Fsp3) is 0.423. The van der Waals surface area contributed by atoms with Gasteiger partial charge >= 0.3 is 5.97 Å². The summed E-state index contributed by atoms with van der Waals surface area (Å²) < 4.78 is 37.0. The van der Waals surface area contributed by atoms with E-state index in [0.717, 1.165) is 29.1 Å². The molecule has 1 aliphatic rings. The first kappa shape index (κ1) is 25.8. The van der Waals surface area contributed by atoms with Gasteiger partial charge in [-0.15, -0.1) is 0 Å². The van der Waals surface area contributed by atoms with Crippen LogP contribution in [-0.4, -0.2) is 41.4 Å². The molecule has 0 spiro atoms. The Morgan fingerprint density at radius 2 is 1.81 bits per heavy atom. The van der Waals surface area contributed by atoms with Crippen LogP contribution in [-0.2, 0) is 38.7 Å². The van der Waals surface area contributed by atoms with Crippen LogP contribution < -0.4 is 4.90 Å². The summed E-state index contributed by atoms with van der Waals surface area (Å²) in [5.74, 6) is 0.388. The Balaban J connectivity index is 1.22. The van der Waals surface area contributed by atoms with E-state index in [1.54, 1.807) is 36.5 Å². The number of pyridine rings is 1. The highest BCUT2D eigenvalue weighted by Crippen LogP contribution is 2.26. The molecule has 0 bridgehead atoms. The van der Waals surface area contributed by atoms with E-state index in [2.05, 4.69) is 15.0 Å². The van der Waals surface area contributed by atoms with Crippen LogP contribution in [0.4, 0.5) is 5.82 Å². The molecule has 36 heavy (non-hydrogen) atoms. The minimum atomic E-state index is -3.73. The molecule has 0 radical (unpaired) electrons. The van der Waals surface area contributed by atoms with Gasteiger partial charge in [0.15, 0.2) is 0 Å². The van der Waals surface area contributed by atoms with Gasteiger partial charge in [-0.1, -0.05) is 17.7 Å². The standard InChI is InChI=1S/C26H32N4O5S/c1-19-7-10-22(11-8-19)36(32,33)34-14-6-5-13-30-17-21-16-29(18-23(21)28-30)24-12-9-20(15-27-24)25(31)35-26(2,3)4/h7-12,15,17H,5-6,13-14,16,18H2,1-4H3. The highest BCUT2D eigenvalue weighted by atomic mass is 32.2. The highest BCUT2D eigenvalue weighted by Gasteiger charge is 2.24. The van der Waals surface area contributed by atoms with Gasteiger partial charge in [0, 0.05) is 31.0 Å². The van der Waals surface area contributed by atoms with Crippen LogP contribution in [0.3, 0.4) is 0 Å². The number of ether oxygens (including phenoxy) is 1. The van der Waals surface area contributed by atoms with Crippen LogP contribution in [0.1, 0.15) is 60.8 Å². The molecule has 0 fully saturated rings. The third kappa shape index (κ3) is 6.50. The van der Waals surface area contributed by atoms with Gasteiger partial charge in [0.25, 0.3) is 10.1 Å². The van der Waals surface area contributed by atoms with Crippen LogP contribution in [0.5, 0.6) is 0 Å². The first-order chi connectivity index (χ1) is 17.0. The quantitative estimate of drug-likeness (QED) is 0.238. The van der Waals surface area contributed by atoms with Crippen LogP contribution in [0.2, 0.25) is 0 Å². The lowest BCUT2D eigenvalue weighted by molar-refractivity contribution is 0.00690. The number of rotatable bonds is 9. The molecule has 192 valence electrons. The van der Waals surface area contributed by atoms with Gasteiger partial charge in [-0.05, 0) is 64.8 Å². The third-order valence-electron chi connectivity index (χ3n) is 5.66. The number of carbonyl (C=O) groups is 1. The SMILES string of the molecule is Cc1ccc(S(=O)(=O)OCCCCn2cc3c(n2)CN(c2ccc(C(=O)OC(C)(C)C)cn2)C3)cc1. The topological polar surface area (TPSA) is 104 Å². The average Bonchev–Trinajstić information content (AvgIpc) is 3.37. The highest BCUT2D eigenvalue weighted by molar-refractivity contribution is 7.86. The van der Waals surface area contributed by atoms with Gasteiger partial charge in [-0.2, -0.15) is 13.5 Å². The summed E-state index contributed by atoms with van der Waals surface area (Å²) >= 11 is 0. The summed E-state index contributed by atoms with van der Waals surface area (Å²) in [5.41, 5.74) is 2.99. The summed E-state index contributed by atoms with van der Waals surface area (Å²) in [6.07, 6.45) is 4.92. The molecule has 0 amide bonds. The van der Waals surface area contributed by atoms with Gasteiger partial charge in [-0.25, -0.2) is 9.78 Å². The maximum absolute atomic E-state index is 12.3. The van der Waals surface area contributed by atoms with E-state index in [0.29, 0.717) is 31.6 Å². The van der Waals surface area contributed by atoms with Crippen molar-refractivity contribution in [3.8, 4) is 0 Å². The number of hydrogen-bond donors (Lipinski definition) is 0. The molecule has 2 aromatic heterocycles. The molecule has 10 heteroatoms. The molecule has 0 saturated carbocycles. The first-order valence-electron chi connectivity index (χ1n) is 12.0. The Morgan fingerprint density at radius 3 is 2.44 bits per heavy atom. The zero-order chi connectivity index (χ0) is 25.9. The molecule has 9 nitrogen and oxygen atoms in total. The Labute approximate surface area is 212 Å². The summed E-state index contributed by atoms with van der Waals surface area (Å²) in [6.45, 7) is 9.54. The molecule has 3 aromatic rings. The number of benzene rings is 1. The first-order valence-corrected chi connectivity index (χ1v) is 13.4. The van der Waals surface area contributed by atoms with E-state index < -0.39 is 15.7 Å². The van der Waals surface area contributed by atoms with E-state index in [9.17, 15) is 13.2 Å². The number of nitrogens with zero attached hydrogens (tertiary/aromatic N) is 4. The molecule has 0 unspecified atom stereocenters. The number of aryl methyl sites for hydroxylation is 2. The largest absolute Gasteiger partial charge is 0.456 e. The predicted octanol–water partition coefficient (Wildman–Crippen LogP) is 4.25. The van der Waals surface area contributed by atoms with E-state index in [1.807, 2.05) is 44.6 Å². The van der Waals surface area contributed by atoms with Crippen LogP contribution in [0.25, 0.3) is 0 Å². The lowest BCUT2D eigenvalue weighted by atomic mass is 10.2. The van der Waals surface area contributed by atoms with Crippen molar-refractivity contribution in [3.63, 3.8) is 0 Å². The average molecular weight is 513 g/mol. The minimum Gasteiger partial charge on any atom is -0.456 e. The van der Waals surface area contributed by atoms with Gasteiger partial charge in [0.2, 0.25) is 0 Å². The summed E-state index contributed by atoms with van der Waals surface area (Å²) in [6, 6.07) is 10.2. The number of hydrogen-bond acceptors (Lipinski definition) is 8. The zero-order valence-corrected chi connectivity index (χ0v) is 21.9. The molecule has 0 N–H and O–H groups in total. The van der Waals surface area contributed by atoms with Crippen molar-refractivity contribution < 1.29 is 22.1 Å². The second-order valence-corrected chi connectivity index (χ2v) is 11.5. The number of unbranched alkanes of at least 4 members (excludes halogenated alkanes) is 1. The van der Waals surface area contributed by atoms with Gasteiger partial charge in [0.1, 0.15) is 11.4 Å². The third-order valence-corrected chi connectivity index (χ3v) is 6.99. The Hall–Kier alpha value is -3.24. The second-order valence-electron chi connectivity index (χ2n) is 9.92. The molecular weight excluding hydrogens is 480 g/mol. The van der Waals surface area contributed by atoms with Crippen molar-refractivity contribution in [2.75, 3.05) is 11.5 Å². The number of fused-ring (bicyclic) bond motifs is 1. The van der Waals surface area contributed by atoms with Gasteiger partial charge in [0.05, 0.1) is 29.3 Å². The number of esters is 1. The van der Waals surface area contributed by atoms with Crippen molar-refractivity contribution in [2.24, 2.45) is 0 Å². The van der Waals surface area contributed by atoms with Crippen molar-refractivity contribution in [3.05, 3.63) is 71.2 Å². The van der Waals surface area contributed by atoms with E-state index in [1.165, 1.54) is 0 Å². The fourth-order valence-corrected chi connectivity index (χ4v) is 4.78. The van der Waals surface area contributed by atoms with Crippen molar-refractivity contribution in [2.45, 2.75) is 70.7 Å². The fourth-order valence-electron chi connectivity index (χ4n) is 3.83. The molecule has 1 aliphatic heterocycles. The Morgan fingerprint density at radius 1 is 1.06 bits per heavy atom. The van der Waals surface area contributed by atoms with Crippen LogP contribution >= 0.6 is 0 Å². The van der Waals surface area contributed by atoms with E-state index in [4.69, 9.17) is 8.92 Å². The van der Waals surface area contributed by atoms with Crippen LogP contribution in [0, 0.1) is 6.92 Å². The van der Waals surface area contributed by atoms with Crippen molar-refractivity contribution in [1.82, 2.24) is 14.8 Å². The molecule has 0 aliphatic carbocycles. The smallest absolute Gasteiger partial charge is 0.340 e. The van der Waals surface area contributed by atoms with Crippen molar-refractivity contribution in [1.29, 1.82) is 0 Å². The maximum atomic E-state index is 12.3. The summed E-state index contributed by atoms with van der Waals surface area (Å²) in [5, 5.41) is 4.67. The number of anilines is 1. The van der Waals surface area contributed by atoms with Gasteiger partial charge in [-0.3, -0.25) is 8.86 Å². The Kier molecular flexibility index (Phi) is 7.46.